The molecule has 2 fully saturated rings. The molecule has 3 atom stereocenters. The Bertz CT molecular complexity index is 452. The lowest BCUT2D eigenvalue weighted by atomic mass is 9.82. The first-order valence-electron chi connectivity index (χ1n) is 10.1. The molecule has 0 aromatic heterocycles. The van der Waals surface area contributed by atoms with Gasteiger partial charge in [-0.1, -0.05) is 39.0 Å². The van der Waals surface area contributed by atoms with Crippen LogP contribution in [-0.4, -0.2) is 34.4 Å². The quantitative estimate of drug-likeness (QED) is 0.484. The molecular formula is C21H38O3Si. The van der Waals surface area contributed by atoms with E-state index in [-0.39, 0.29) is 6.29 Å². The molecule has 0 spiro atoms. The highest BCUT2D eigenvalue weighted by Gasteiger charge is 2.37. The monoisotopic (exact) mass is 366 g/mol. The zero-order valence-electron chi connectivity index (χ0n) is 17.0. The maximum absolute atomic E-state index is 6.44. The van der Waals surface area contributed by atoms with Crippen LogP contribution in [-0.2, 0) is 13.9 Å². The summed E-state index contributed by atoms with van der Waals surface area (Å²) in [5.41, 5.74) is 0. The van der Waals surface area contributed by atoms with Crippen molar-refractivity contribution in [2.45, 2.75) is 90.1 Å². The summed E-state index contributed by atoms with van der Waals surface area (Å²) in [7, 11) is -1.63. The molecule has 2 rings (SSSR count). The second-order valence-electron chi connectivity index (χ2n) is 9.23. The predicted molar refractivity (Wildman–Crippen MR) is 106 cm³/mol. The van der Waals surface area contributed by atoms with E-state index in [1.54, 1.807) is 0 Å². The van der Waals surface area contributed by atoms with Gasteiger partial charge in [-0.05, 0) is 62.6 Å². The molecule has 0 N–H and O–H groups in total. The average molecular weight is 367 g/mol. The van der Waals surface area contributed by atoms with Crippen molar-refractivity contribution < 1.29 is 13.9 Å². The molecule has 0 aromatic carbocycles. The Morgan fingerprint density at radius 2 is 1.88 bits per heavy atom. The Hall–Kier alpha value is -0.343. The molecule has 2 aliphatic rings. The van der Waals surface area contributed by atoms with Crippen LogP contribution < -0.4 is 0 Å². The van der Waals surface area contributed by atoms with Gasteiger partial charge in [0.1, 0.15) is 6.61 Å². The van der Waals surface area contributed by atoms with Gasteiger partial charge in [0.25, 0.3) is 0 Å². The van der Waals surface area contributed by atoms with E-state index >= 15 is 0 Å². The van der Waals surface area contributed by atoms with Gasteiger partial charge in [-0.2, -0.15) is 0 Å². The van der Waals surface area contributed by atoms with Crippen molar-refractivity contribution in [1.82, 2.24) is 0 Å². The second-order valence-corrected chi connectivity index (χ2v) is 14.0. The number of rotatable bonds is 5. The summed E-state index contributed by atoms with van der Waals surface area (Å²) in [6, 6.07) is 0. The van der Waals surface area contributed by atoms with Crippen LogP contribution in [0.2, 0.25) is 18.1 Å². The Labute approximate surface area is 156 Å². The lowest BCUT2D eigenvalue weighted by Crippen LogP contribution is -2.42. The first-order chi connectivity index (χ1) is 11.8. The fraction of sp³-hybridized carbons (Fsp3) is 0.905. The standard InChI is InChI=1S/C21H38O3Si/c1-21(2,3)25(4,5)24-17-19-11-8-10-18(16-19)12-9-15-23-20-13-6-7-14-22-20/h18-20H,6-8,10-11,13-17H2,1-5H3. The molecule has 144 valence electrons. The highest BCUT2D eigenvalue weighted by Crippen LogP contribution is 2.38. The minimum atomic E-state index is -1.63. The first kappa shape index (κ1) is 21.0. The molecule has 0 aromatic rings. The Balaban J connectivity index is 1.70. The Morgan fingerprint density at radius 3 is 2.56 bits per heavy atom. The van der Waals surface area contributed by atoms with Crippen molar-refractivity contribution in [2.24, 2.45) is 11.8 Å². The van der Waals surface area contributed by atoms with Gasteiger partial charge in [0.05, 0.1) is 0 Å². The molecule has 1 saturated heterocycles. The van der Waals surface area contributed by atoms with Gasteiger partial charge in [0.15, 0.2) is 14.6 Å². The largest absolute Gasteiger partial charge is 0.417 e. The lowest BCUT2D eigenvalue weighted by Gasteiger charge is -2.38. The number of hydrogen-bond donors (Lipinski definition) is 0. The van der Waals surface area contributed by atoms with E-state index < -0.39 is 8.32 Å². The zero-order valence-corrected chi connectivity index (χ0v) is 18.0. The van der Waals surface area contributed by atoms with Gasteiger partial charge < -0.3 is 13.9 Å². The van der Waals surface area contributed by atoms with Crippen molar-refractivity contribution in [2.75, 3.05) is 19.8 Å². The predicted octanol–water partition coefficient (Wildman–Crippen LogP) is 5.36. The maximum Gasteiger partial charge on any atom is 0.191 e. The molecule has 0 bridgehead atoms. The number of hydrogen-bond acceptors (Lipinski definition) is 3. The molecule has 25 heavy (non-hydrogen) atoms. The summed E-state index contributed by atoms with van der Waals surface area (Å²) in [5.74, 6) is 7.86. The summed E-state index contributed by atoms with van der Waals surface area (Å²) in [4.78, 5) is 0. The smallest absolute Gasteiger partial charge is 0.191 e. The highest BCUT2D eigenvalue weighted by molar-refractivity contribution is 6.74. The molecule has 1 heterocycles. The summed E-state index contributed by atoms with van der Waals surface area (Å²) in [6.07, 6.45) is 8.32. The van der Waals surface area contributed by atoms with Gasteiger partial charge in [-0.15, -0.1) is 0 Å². The zero-order chi connectivity index (χ0) is 18.3. The van der Waals surface area contributed by atoms with Crippen LogP contribution in [0.15, 0.2) is 0 Å². The number of ether oxygens (including phenoxy) is 2. The van der Waals surface area contributed by atoms with E-state index in [1.165, 1.54) is 32.1 Å². The minimum absolute atomic E-state index is 0.0276. The molecule has 1 aliphatic carbocycles. The van der Waals surface area contributed by atoms with Crippen LogP contribution in [0.3, 0.4) is 0 Å². The lowest BCUT2D eigenvalue weighted by molar-refractivity contribution is -0.154. The first-order valence-corrected chi connectivity index (χ1v) is 13.0. The van der Waals surface area contributed by atoms with Crippen LogP contribution in [0.1, 0.15) is 65.7 Å². The van der Waals surface area contributed by atoms with Gasteiger partial charge >= 0.3 is 0 Å². The minimum Gasteiger partial charge on any atom is -0.417 e. The van der Waals surface area contributed by atoms with Crippen molar-refractivity contribution >= 4 is 8.32 Å². The normalized spacial score (nSPS) is 28.3. The van der Waals surface area contributed by atoms with E-state index in [0.29, 0.717) is 23.5 Å². The molecule has 0 radical (unpaired) electrons. The molecule has 1 saturated carbocycles. The molecule has 4 heteroatoms. The molecule has 1 aliphatic heterocycles. The third kappa shape index (κ3) is 7.06. The Kier molecular flexibility index (Phi) is 8.01. The summed E-state index contributed by atoms with van der Waals surface area (Å²) >= 11 is 0. The topological polar surface area (TPSA) is 27.7 Å². The highest BCUT2D eigenvalue weighted by atomic mass is 28.4. The third-order valence-corrected chi connectivity index (χ3v) is 10.6. The SMILES string of the molecule is CC(C)(C)[Si](C)(C)OCC1CCCC(C#CCOC2CCCCO2)C1. The summed E-state index contributed by atoms with van der Waals surface area (Å²) < 4.78 is 17.7. The van der Waals surface area contributed by atoms with E-state index in [2.05, 4.69) is 45.7 Å². The Morgan fingerprint density at radius 1 is 1.08 bits per heavy atom. The fourth-order valence-electron chi connectivity index (χ4n) is 3.28. The average Bonchev–Trinajstić information content (AvgIpc) is 2.57. The fourth-order valence-corrected chi connectivity index (χ4v) is 4.36. The van der Waals surface area contributed by atoms with E-state index in [1.807, 2.05) is 0 Å². The van der Waals surface area contributed by atoms with Gasteiger partial charge in [-0.3, -0.25) is 0 Å². The van der Waals surface area contributed by atoms with Crippen molar-refractivity contribution in [3.63, 3.8) is 0 Å². The molecule has 3 unspecified atom stereocenters. The van der Waals surface area contributed by atoms with E-state index in [0.717, 1.165) is 26.1 Å². The van der Waals surface area contributed by atoms with Crippen LogP contribution in [0, 0.1) is 23.7 Å². The van der Waals surface area contributed by atoms with Crippen LogP contribution in [0.5, 0.6) is 0 Å². The summed E-state index contributed by atoms with van der Waals surface area (Å²) in [5, 5.41) is 0.291. The van der Waals surface area contributed by atoms with E-state index in [9.17, 15) is 0 Å². The van der Waals surface area contributed by atoms with Gasteiger partial charge in [0.2, 0.25) is 0 Å². The van der Waals surface area contributed by atoms with Crippen LogP contribution >= 0.6 is 0 Å². The second kappa shape index (κ2) is 9.55. The van der Waals surface area contributed by atoms with Crippen molar-refractivity contribution in [3.05, 3.63) is 0 Å². The third-order valence-electron chi connectivity index (χ3n) is 6.05. The maximum atomic E-state index is 6.44. The van der Waals surface area contributed by atoms with E-state index in [4.69, 9.17) is 13.9 Å². The van der Waals surface area contributed by atoms with Crippen molar-refractivity contribution in [1.29, 1.82) is 0 Å². The van der Waals surface area contributed by atoms with Crippen LogP contribution in [0.4, 0.5) is 0 Å². The van der Waals surface area contributed by atoms with Gasteiger partial charge in [-0.25, -0.2) is 0 Å². The molecule has 3 nitrogen and oxygen atoms in total. The van der Waals surface area contributed by atoms with Crippen molar-refractivity contribution in [3.8, 4) is 11.8 Å². The van der Waals surface area contributed by atoms with Gasteiger partial charge in [0, 0.05) is 19.1 Å². The molecular weight excluding hydrogens is 328 g/mol. The van der Waals surface area contributed by atoms with Crippen LogP contribution in [0.25, 0.3) is 0 Å². The summed E-state index contributed by atoms with van der Waals surface area (Å²) in [6.45, 7) is 13.9. The molecule has 0 amide bonds.